The van der Waals surface area contributed by atoms with Crippen LogP contribution in [0.5, 0.6) is 11.5 Å². The molecule has 1 saturated carbocycles. The summed E-state index contributed by atoms with van der Waals surface area (Å²) in [5.41, 5.74) is 0.225. The van der Waals surface area contributed by atoms with Crippen LogP contribution in [0.4, 0.5) is 13.2 Å². The summed E-state index contributed by atoms with van der Waals surface area (Å²) in [6.45, 7) is 0.596. The van der Waals surface area contributed by atoms with Crippen molar-refractivity contribution in [2.24, 2.45) is 11.8 Å². The maximum absolute atomic E-state index is 12.7. The average Bonchev–Trinajstić information content (AvgIpc) is 3.51. The van der Waals surface area contributed by atoms with Gasteiger partial charge >= 0.3 is 12.1 Å². The van der Waals surface area contributed by atoms with E-state index in [0.717, 1.165) is 30.5 Å². The number of carboxylic acids is 1. The minimum atomic E-state index is -4.39. The molecule has 1 aliphatic rings. The lowest BCUT2D eigenvalue weighted by molar-refractivity contribution is -0.142. The number of ether oxygens (including phenoxy) is 2. The first kappa shape index (κ1) is 21.0. The standard InChI is InChI=1S/C22H23F3O4/c23-22(24,25)17-3-1-4-19(14-17)29-12-2-11-28-18-9-5-15(6-10-18)13-20(21(26)27)16-7-8-16/h1,3-6,9-10,14,16,20H,2,7-8,11-13H2,(H,26,27). The van der Waals surface area contributed by atoms with E-state index in [1.165, 1.54) is 12.1 Å². The minimum absolute atomic E-state index is 0.174. The van der Waals surface area contributed by atoms with Gasteiger partial charge in [0.1, 0.15) is 11.5 Å². The van der Waals surface area contributed by atoms with Gasteiger partial charge in [-0.2, -0.15) is 13.2 Å². The molecule has 0 saturated heterocycles. The highest BCUT2D eigenvalue weighted by Crippen LogP contribution is 2.38. The Labute approximate surface area is 167 Å². The molecule has 156 valence electrons. The Kier molecular flexibility index (Phi) is 6.67. The zero-order valence-electron chi connectivity index (χ0n) is 15.8. The lowest BCUT2D eigenvalue weighted by atomic mass is 9.95. The van der Waals surface area contributed by atoms with Gasteiger partial charge in [-0.3, -0.25) is 4.79 Å². The lowest BCUT2D eigenvalue weighted by Gasteiger charge is -2.12. The molecule has 0 bridgehead atoms. The Hall–Kier alpha value is -2.70. The highest BCUT2D eigenvalue weighted by Gasteiger charge is 2.36. The first-order chi connectivity index (χ1) is 13.8. The number of carboxylic acid groups (broad SMARTS) is 1. The van der Waals surface area contributed by atoms with Gasteiger partial charge in [0.25, 0.3) is 0 Å². The molecule has 1 atom stereocenters. The van der Waals surface area contributed by atoms with Gasteiger partial charge in [-0.25, -0.2) is 0 Å². The molecule has 0 heterocycles. The van der Waals surface area contributed by atoms with E-state index in [1.54, 1.807) is 12.1 Å². The normalized spacial score (nSPS) is 15.0. The number of hydrogen-bond donors (Lipinski definition) is 1. The number of halogens is 3. The molecule has 3 rings (SSSR count). The van der Waals surface area contributed by atoms with Crippen molar-refractivity contribution in [1.82, 2.24) is 0 Å². The zero-order chi connectivity index (χ0) is 20.9. The largest absolute Gasteiger partial charge is 0.493 e. The van der Waals surface area contributed by atoms with E-state index in [-0.39, 0.29) is 18.3 Å². The molecule has 0 aliphatic heterocycles. The highest BCUT2D eigenvalue weighted by molar-refractivity contribution is 5.71. The van der Waals surface area contributed by atoms with Crippen LogP contribution in [-0.2, 0) is 17.4 Å². The smallest absolute Gasteiger partial charge is 0.416 e. The summed E-state index contributed by atoms with van der Waals surface area (Å²) in [4.78, 5) is 11.3. The van der Waals surface area contributed by atoms with Crippen LogP contribution in [0.3, 0.4) is 0 Å². The predicted molar refractivity (Wildman–Crippen MR) is 101 cm³/mol. The molecule has 1 unspecified atom stereocenters. The Bertz CT molecular complexity index is 814. The van der Waals surface area contributed by atoms with Crippen LogP contribution >= 0.6 is 0 Å². The molecule has 1 N–H and O–H groups in total. The van der Waals surface area contributed by atoms with Crippen LogP contribution in [0.1, 0.15) is 30.4 Å². The topological polar surface area (TPSA) is 55.8 Å². The Morgan fingerprint density at radius 2 is 1.69 bits per heavy atom. The molecule has 29 heavy (non-hydrogen) atoms. The summed E-state index contributed by atoms with van der Waals surface area (Å²) >= 11 is 0. The van der Waals surface area contributed by atoms with E-state index in [4.69, 9.17) is 9.47 Å². The summed E-state index contributed by atoms with van der Waals surface area (Å²) in [5.74, 6) is 0.0579. The van der Waals surface area contributed by atoms with Crippen molar-refractivity contribution < 1.29 is 32.5 Å². The molecular formula is C22H23F3O4. The number of rotatable bonds is 10. The molecule has 1 fully saturated rings. The van der Waals surface area contributed by atoms with Gasteiger partial charge in [-0.15, -0.1) is 0 Å². The fraction of sp³-hybridized carbons (Fsp3) is 0.409. The fourth-order valence-corrected chi connectivity index (χ4v) is 3.13. The van der Waals surface area contributed by atoms with E-state index in [0.29, 0.717) is 31.1 Å². The van der Waals surface area contributed by atoms with Gasteiger partial charge < -0.3 is 14.6 Å². The van der Waals surface area contributed by atoms with E-state index < -0.39 is 17.7 Å². The Balaban J connectivity index is 1.39. The monoisotopic (exact) mass is 408 g/mol. The third kappa shape index (κ3) is 6.41. The second-order valence-corrected chi connectivity index (χ2v) is 7.21. The first-order valence-corrected chi connectivity index (χ1v) is 9.57. The summed E-state index contributed by atoms with van der Waals surface area (Å²) < 4.78 is 49.0. The molecule has 0 amide bonds. The molecule has 0 aromatic heterocycles. The van der Waals surface area contributed by atoms with Crippen molar-refractivity contribution in [3.63, 3.8) is 0 Å². The van der Waals surface area contributed by atoms with Crippen molar-refractivity contribution in [3.8, 4) is 11.5 Å². The second-order valence-electron chi connectivity index (χ2n) is 7.21. The quantitative estimate of drug-likeness (QED) is 0.549. The number of benzene rings is 2. The number of aliphatic carboxylic acids is 1. The predicted octanol–water partition coefficient (Wildman–Crippen LogP) is 5.21. The third-order valence-corrected chi connectivity index (χ3v) is 4.87. The van der Waals surface area contributed by atoms with Gasteiger partial charge in [-0.1, -0.05) is 18.2 Å². The first-order valence-electron chi connectivity index (χ1n) is 9.57. The van der Waals surface area contributed by atoms with Gasteiger partial charge in [0.2, 0.25) is 0 Å². The zero-order valence-corrected chi connectivity index (χ0v) is 15.8. The van der Waals surface area contributed by atoms with Crippen molar-refractivity contribution in [3.05, 3.63) is 59.7 Å². The van der Waals surface area contributed by atoms with E-state index in [9.17, 15) is 23.1 Å². The summed E-state index contributed by atoms with van der Waals surface area (Å²) in [6.07, 6.45) is -1.38. The second kappa shape index (κ2) is 9.20. The number of carbonyl (C=O) groups is 1. The summed E-state index contributed by atoms with van der Waals surface area (Å²) in [6, 6.07) is 12.1. The molecule has 1 aliphatic carbocycles. The molecule has 0 spiro atoms. The van der Waals surface area contributed by atoms with Crippen LogP contribution in [-0.4, -0.2) is 24.3 Å². The third-order valence-electron chi connectivity index (χ3n) is 4.87. The minimum Gasteiger partial charge on any atom is -0.493 e. The number of alkyl halides is 3. The van der Waals surface area contributed by atoms with Crippen molar-refractivity contribution in [1.29, 1.82) is 0 Å². The molecular weight excluding hydrogens is 385 g/mol. The maximum atomic E-state index is 12.7. The number of hydrogen-bond acceptors (Lipinski definition) is 3. The van der Waals surface area contributed by atoms with Gasteiger partial charge in [0.05, 0.1) is 24.7 Å². The Morgan fingerprint density at radius 1 is 1.03 bits per heavy atom. The highest BCUT2D eigenvalue weighted by atomic mass is 19.4. The van der Waals surface area contributed by atoms with Crippen molar-refractivity contribution in [2.75, 3.05) is 13.2 Å². The molecule has 2 aromatic rings. The molecule has 4 nitrogen and oxygen atoms in total. The molecule has 2 aromatic carbocycles. The molecule has 7 heteroatoms. The lowest BCUT2D eigenvalue weighted by Crippen LogP contribution is -2.18. The van der Waals surface area contributed by atoms with Crippen LogP contribution < -0.4 is 9.47 Å². The van der Waals surface area contributed by atoms with Gasteiger partial charge in [-0.05, 0) is 61.1 Å². The van der Waals surface area contributed by atoms with E-state index in [2.05, 4.69) is 0 Å². The van der Waals surface area contributed by atoms with Crippen LogP contribution in [0.15, 0.2) is 48.5 Å². The van der Waals surface area contributed by atoms with Crippen LogP contribution in [0, 0.1) is 11.8 Å². The fourth-order valence-electron chi connectivity index (χ4n) is 3.13. The summed E-state index contributed by atoms with van der Waals surface area (Å²) in [5, 5.41) is 9.31. The van der Waals surface area contributed by atoms with E-state index >= 15 is 0 Å². The van der Waals surface area contributed by atoms with Crippen molar-refractivity contribution in [2.45, 2.75) is 31.9 Å². The SMILES string of the molecule is O=C(O)C(Cc1ccc(OCCCOc2cccc(C(F)(F)F)c2)cc1)C1CC1. The van der Waals surface area contributed by atoms with Gasteiger partial charge in [0.15, 0.2) is 0 Å². The van der Waals surface area contributed by atoms with Crippen LogP contribution in [0.2, 0.25) is 0 Å². The summed E-state index contributed by atoms with van der Waals surface area (Å²) in [7, 11) is 0. The van der Waals surface area contributed by atoms with Crippen molar-refractivity contribution >= 4 is 5.97 Å². The van der Waals surface area contributed by atoms with Crippen LogP contribution in [0.25, 0.3) is 0 Å². The molecule has 0 radical (unpaired) electrons. The Morgan fingerprint density at radius 3 is 2.28 bits per heavy atom. The van der Waals surface area contributed by atoms with Gasteiger partial charge in [0, 0.05) is 6.42 Å². The van der Waals surface area contributed by atoms with E-state index in [1.807, 2.05) is 12.1 Å². The maximum Gasteiger partial charge on any atom is 0.416 e. The average molecular weight is 408 g/mol.